The summed E-state index contributed by atoms with van der Waals surface area (Å²) >= 11 is 0. The second kappa shape index (κ2) is 7.56. The Balaban J connectivity index is 0.00000196. The molecule has 0 saturated carbocycles. The van der Waals surface area contributed by atoms with E-state index in [1.807, 2.05) is 24.3 Å². The lowest BCUT2D eigenvalue weighted by Crippen LogP contribution is -2.38. The highest BCUT2D eigenvalue weighted by Crippen LogP contribution is 2.26. The molecule has 0 radical (unpaired) electrons. The van der Waals surface area contributed by atoms with Crippen LogP contribution in [-0.2, 0) is 10.0 Å². The highest BCUT2D eigenvalue weighted by molar-refractivity contribution is 7.89. The van der Waals surface area contributed by atoms with Gasteiger partial charge in [-0.2, -0.15) is 9.40 Å². The summed E-state index contributed by atoms with van der Waals surface area (Å²) in [6, 6.07) is 8.10. The number of benzene rings is 1. The third kappa shape index (κ3) is 3.46. The molecule has 142 valence electrons. The number of halogens is 1. The van der Waals surface area contributed by atoms with E-state index in [4.69, 9.17) is 4.74 Å². The number of rotatable bonds is 4. The molecule has 2 unspecified atom stereocenters. The number of para-hydroxylation sites is 2. The van der Waals surface area contributed by atoms with Crippen LogP contribution in [0.2, 0.25) is 0 Å². The van der Waals surface area contributed by atoms with E-state index in [1.165, 1.54) is 6.20 Å². The summed E-state index contributed by atoms with van der Waals surface area (Å²) in [6.45, 7) is 1.08. The fourth-order valence-corrected chi connectivity index (χ4v) is 5.10. The normalized spacial score (nSPS) is 23.3. The van der Waals surface area contributed by atoms with Gasteiger partial charge in [0.2, 0.25) is 10.0 Å². The van der Waals surface area contributed by atoms with E-state index in [0.717, 1.165) is 19.3 Å². The molecule has 2 fully saturated rings. The SMILES string of the molecule is COc1ccccc1-n1cc(S(=O)(=O)N2CCC3CCC(C2)N3)cn1.Cl. The molecule has 0 aliphatic carbocycles. The van der Waals surface area contributed by atoms with Gasteiger partial charge in [0.25, 0.3) is 0 Å². The van der Waals surface area contributed by atoms with Gasteiger partial charge in [-0.05, 0) is 31.4 Å². The molecule has 2 atom stereocenters. The zero-order valence-corrected chi connectivity index (χ0v) is 16.2. The standard InChI is InChI=1S/C17H22N4O3S.ClH/c1-24-17-5-3-2-4-16(17)21-12-15(10-18-21)25(22,23)20-9-8-13-6-7-14(11-20)19-13;/h2-5,10,12-14,19H,6-9,11H2,1H3;1H. The number of ether oxygens (including phenoxy) is 1. The van der Waals surface area contributed by atoms with Gasteiger partial charge in [0, 0.05) is 25.2 Å². The molecule has 3 heterocycles. The Labute approximate surface area is 159 Å². The number of aromatic nitrogens is 2. The topological polar surface area (TPSA) is 76.5 Å². The van der Waals surface area contributed by atoms with Crippen LogP contribution in [0.1, 0.15) is 19.3 Å². The summed E-state index contributed by atoms with van der Waals surface area (Å²) in [6.07, 6.45) is 6.01. The molecule has 9 heteroatoms. The number of nitrogens with one attached hydrogen (secondary N) is 1. The number of sulfonamides is 1. The van der Waals surface area contributed by atoms with E-state index in [0.29, 0.717) is 30.6 Å². The van der Waals surface area contributed by atoms with E-state index >= 15 is 0 Å². The molecule has 1 aromatic carbocycles. The molecule has 1 N–H and O–H groups in total. The zero-order valence-electron chi connectivity index (χ0n) is 14.5. The van der Waals surface area contributed by atoms with Crippen LogP contribution in [-0.4, -0.2) is 54.8 Å². The molecule has 0 amide bonds. The highest BCUT2D eigenvalue weighted by Gasteiger charge is 2.35. The Kier molecular flexibility index (Phi) is 5.57. The largest absolute Gasteiger partial charge is 0.494 e. The van der Waals surface area contributed by atoms with E-state index < -0.39 is 10.0 Å². The van der Waals surface area contributed by atoms with Crippen molar-refractivity contribution in [1.29, 1.82) is 0 Å². The van der Waals surface area contributed by atoms with Crippen LogP contribution < -0.4 is 10.1 Å². The minimum Gasteiger partial charge on any atom is -0.494 e. The molecular formula is C17H23ClN4O3S. The molecule has 26 heavy (non-hydrogen) atoms. The lowest BCUT2D eigenvalue weighted by atomic mass is 10.1. The van der Waals surface area contributed by atoms with Gasteiger partial charge >= 0.3 is 0 Å². The minimum absolute atomic E-state index is 0. The zero-order chi connectivity index (χ0) is 17.4. The maximum absolute atomic E-state index is 13.0. The van der Waals surface area contributed by atoms with Crippen LogP contribution in [0.15, 0.2) is 41.6 Å². The maximum Gasteiger partial charge on any atom is 0.246 e. The predicted octanol–water partition coefficient (Wildman–Crippen LogP) is 1.82. The molecule has 2 aliphatic heterocycles. The van der Waals surface area contributed by atoms with Crippen molar-refractivity contribution in [3.8, 4) is 11.4 Å². The van der Waals surface area contributed by atoms with Gasteiger partial charge in [0.1, 0.15) is 16.3 Å². The second-order valence-corrected chi connectivity index (χ2v) is 8.52. The first kappa shape index (κ1) is 19.2. The number of hydrogen-bond donors (Lipinski definition) is 1. The third-order valence-electron chi connectivity index (χ3n) is 5.01. The first-order valence-electron chi connectivity index (χ1n) is 8.52. The van der Waals surface area contributed by atoms with Crippen LogP contribution in [0.5, 0.6) is 5.75 Å². The van der Waals surface area contributed by atoms with Crippen molar-refractivity contribution < 1.29 is 13.2 Å². The highest BCUT2D eigenvalue weighted by atomic mass is 35.5. The van der Waals surface area contributed by atoms with Crippen molar-refractivity contribution in [1.82, 2.24) is 19.4 Å². The van der Waals surface area contributed by atoms with Crippen molar-refractivity contribution in [3.63, 3.8) is 0 Å². The molecule has 1 aromatic heterocycles. The third-order valence-corrected chi connectivity index (χ3v) is 6.83. The first-order valence-corrected chi connectivity index (χ1v) is 9.96. The summed E-state index contributed by atoms with van der Waals surface area (Å²) < 4.78 is 34.5. The van der Waals surface area contributed by atoms with Crippen molar-refractivity contribution in [2.75, 3.05) is 20.2 Å². The lowest BCUT2D eigenvalue weighted by Gasteiger charge is -2.22. The average Bonchev–Trinajstić information content (AvgIpc) is 3.21. The smallest absolute Gasteiger partial charge is 0.246 e. The summed E-state index contributed by atoms with van der Waals surface area (Å²) in [7, 11) is -1.96. The number of methoxy groups -OCH3 is 1. The molecule has 4 rings (SSSR count). The van der Waals surface area contributed by atoms with Crippen molar-refractivity contribution in [3.05, 3.63) is 36.7 Å². The van der Waals surface area contributed by atoms with Gasteiger partial charge in [0.05, 0.1) is 19.5 Å². The number of hydrogen-bond acceptors (Lipinski definition) is 5. The maximum atomic E-state index is 13.0. The fourth-order valence-electron chi connectivity index (χ4n) is 3.67. The van der Waals surface area contributed by atoms with Crippen molar-refractivity contribution in [2.24, 2.45) is 0 Å². The number of fused-ring (bicyclic) bond motifs is 2. The molecule has 0 spiro atoms. The van der Waals surface area contributed by atoms with E-state index in [2.05, 4.69) is 10.4 Å². The van der Waals surface area contributed by atoms with Crippen molar-refractivity contribution >= 4 is 22.4 Å². The van der Waals surface area contributed by atoms with Crippen LogP contribution in [0, 0.1) is 0 Å². The molecule has 2 aliphatic rings. The Hall–Kier alpha value is -1.61. The minimum atomic E-state index is -3.55. The Morgan fingerprint density at radius 3 is 2.77 bits per heavy atom. The van der Waals surface area contributed by atoms with E-state index in [1.54, 1.807) is 22.3 Å². The predicted molar refractivity (Wildman–Crippen MR) is 101 cm³/mol. The van der Waals surface area contributed by atoms with Gasteiger partial charge in [-0.25, -0.2) is 13.1 Å². The van der Waals surface area contributed by atoms with Gasteiger partial charge in [-0.15, -0.1) is 12.4 Å². The molecule has 2 saturated heterocycles. The molecule has 7 nitrogen and oxygen atoms in total. The first-order chi connectivity index (χ1) is 12.1. The summed E-state index contributed by atoms with van der Waals surface area (Å²) in [5.41, 5.74) is 0.711. The van der Waals surface area contributed by atoms with Crippen LogP contribution in [0.25, 0.3) is 5.69 Å². The summed E-state index contributed by atoms with van der Waals surface area (Å²) in [5.74, 6) is 0.644. The van der Waals surface area contributed by atoms with Crippen LogP contribution in [0.4, 0.5) is 0 Å². The molecule has 2 aromatic rings. The van der Waals surface area contributed by atoms with E-state index in [9.17, 15) is 8.42 Å². The molecule has 2 bridgehead atoms. The van der Waals surface area contributed by atoms with Gasteiger partial charge < -0.3 is 10.1 Å². The van der Waals surface area contributed by atoms with Gasteiger partial charge in [-0.3, -0.25) is 0 Å². The Morgan fingerprint density at radius 2 is 1.96 bits per heavy atom. The average molecular weight is 399 g/mol. The monoisotopic (exact) mass is 398 g/mol. The van der Waals surface area contributed by atoms with Gasteiger partial charge in [-0.1, -0.05) is 12.1 Å². The second-order valence-electron chi connectivity index (χ2n) is 6.58. The van der Waals surface area contributed by atoms with Gasteiger partial charge in [0.15, 0.2) is 0 Å². The fraction of sp³-hybridized carbons (Fsp3) is 0.471. The van der Waals surface area contributed by atoms with Crippen LogP contribution >= 0.6 is 12.4 Å². The quantitative estimate of drug-likeness (QED) is 0.850. The summed E-state index contributed by atoms with van der Waals surface area (Å²) in [5, 5.41) is 7.75. The van der Waals surface area contributed by atoms with Crippen molar-refractivity contribution in [2.45, 2.75) is 36.2 Å². The molecular weight excluding hydrogens is 376 g/mol. The Bertz CT molecular complexity index is 870. The number of nitrogens with zero attached hydrogens (tertiary/aromatic N) is 3. The van der Waals surface area contributed by atoms with Crippen LogP contribution in [0.3, 0.4) is 0 Å². The lowest BCUT2D eigenvalue weighted by molar-refractivity contribution is 0.383. The van der Waals surface area contributed by atoms with E-state index in [-0.39, 0.29) is 23.3 Å². The summed E-state index contributed by atoms with van der Waals surface area (Å²) in [4.78, 5) is 0.219. The Morgan fingerprint density at radius 1 is 1.19 bits per heavy atom.